The van der Waals surface area contributed by atoms with Crippen LogP contribution in [0.4, 0.5) is 5.69 Å². The van der Waals surface area contributed by atoms with E-state index in [0.29, 0.717) is 10.6 Å². The van der Waals surface area contributed by atoms with Gasteiger partial charge < -0.3 is 10.6 Å². The number of carbonyl (C=O) groups excluding carboxylic acids is 1. The number of rotatable bonds is 4. The largest absolute Gasteiger partial charge is 0.322 e. The first-order valence-electron chi connectivity index (χ1n) is 6.09. The molecule has 20 heavy (non-hydrogen) atoms. The zero-order chi connectivity index (χ0) is 14.5. The van der Waals surface area contributed by atoms with Gasteiger partial charge in [-0.2, -0.15) is 0 Å². The second kappa shape index (κ2) is 6.88. The first kappa shape index (κ1) is 15.0. The molecular formula is C15H14BrClN2O. The summed E-state index contributed by atoms with van der Waals surface area (Å²) in [7, 11) is 1.88. The normalized spacial score (nSPS) is 10.3. The Balaban J connectivity index is 2.16. The highest BCUT2D eigenvalue weighted by Crippen LogP contribution is 2.20. The minimum absolute atomic E-state index is 0.185. The van der Waals surface area contributed by atoms with Crippen LogP contribution < -0.4 is 10.6 Å². The molecule has 0 bridgehead atoms. The molecule has 2 rings (SSSR count). The van der Waals surface area contributed by atoms with Crippen LogP contribution in [0, 0.1) is 0 Å². The van der Waals surface area contributed by atoms with Crippen molar-refractivity contribution >= 4 is 39.1 Å². The number of halogens is 2. The van der Waals surface area contributed by atoms with E-state index in [1.807, 2.05) is 31.3 Å². The third kappa shape index (κ3) is 4.07. The van der Waals surface area contributed by atoms with Crippen LogP contribution in [0.3, 0.4) is 0 Å². The fourth-order valence-electron chi connectivity index (χ4n) is 1.85. The van der Waals surface area contributed by atoms with Crippen LogP contribution in [0.25, 0.3) is 0 Å². The van der Waals surface area contributed by atoms with Gasteiger partial charge in [-0.3, -0.25) is 4.79 Å². The monoisotopic (exact) mass is 352 g/mol. The van der Waals surface area contributed by atoms with E-state index in [1.165, 1.54) is 0 Å². The van der Waals surface area contributed by atoms with Gasteiger partial charge in [0.2, 0.25) is 0 Å². The van der Waals surface area contributed by atoms with Crippen LogP contribution in [0.1, 0.15) is 15.9 Å². The Hall–Kier alpha value is -1.36. The minimum Gasteiger partial charge on any atom is -0.322 e. The van der Waals surface area contributed by atoms with E-state index in [-0.39, 0.29) is 5.91 Å². The Bertz CT molecular complexity index is 611. The smallest absolute Gasteiger partial charge is 0.255 e. The molecule has 0 aliphatic carbocycles. The molecule has 2 aromatic carbocycles. The summed E-state index contributed by atoms with van der Waals surface area (Å²) in [5.41, 5.74) is 2.39. The molecular weight excluding hydrogens is 340 g/mol. The van der Waals surface area contributed by atoms with Gasteiger partial charge in [-0.25, -0.2) is 0 Å². The highest BCUT2D eigenvalue weighted by atomic mass is 79.9. The molecule has 0 aliphatic heterocycles. The molecule has 0 saturated carbocycles. The number of hydrogen-bond donors (Lipinski definition) is 2. The molecule has 0 radical (unpaired) electrons. The fraction of sp³-hybridized carbons (Fsp3) is 0.133. The number of nitrogens with one attached hydrogen (secondary N) is 2. The lowest BCUT2D eigenvalue weighted by atomic mass is 10.1. The predicted octanol–water partition coefficient (Wildman–Crippen LogP) is 4.07. The van der Waals surface area contributed by atoms with E-state index in [9.17, 15) is 4.79 Å². The summed E-state index contributed by atoms with van der Waals surface area (Å²) in [4.78, 5) is 12.2. The van der Waals surface area contributed by atoms with E-state index in [1.54, 1.807) is 18.2 Å². The van der Waals surface area contributed by atoms with Crippen molar-refractivity contribution in [1.82, 2.24) is 5.32 Å². The van der Waals surface area contributed by atoms with E-state index >= 15 is 0 Å². The molecule has 3 nitrogen and oxygen atoms in total. The molecule has 0 aliphatic rings. The summed E-state index contributed by atoms with van der Waals surface area (Å²) < 4.78 is 0.777. The Kier molecular flexibility index (Phi) is 5.17. The zero-order valence-corrected chi connectivity index (χ0v) is 13.3. The lowest BCUT2D eigenvalue weighted by molar-refractivity contribution is 0.102. The standard InChI is InChI=1S/C15H14BrClN2O/c1-18-9-10-3-2-4-14(5-10)19-15(20)11-6-12(16)8-13(17)7-11/h2-8,18H,9H2,1H3,(H,19,20). The van der Waals surface area contributed by atoms with Gasteiger partial charge in [0.1, 0.15) is 0 Å². The lowest BCUT2D eigenvalue weighted by Gasteiger charge is -2.08. The van der Waals surface area contributed by atoms with Crippen molar-refractivity contribution in [3.05, 3.63) is 63.1 Å². The maximum absolute atomic E-state index is 12.2. The summed E-state index contributed by atoms with van der Waals surface area (Å²) in [6.07, 6.45) is 0. The highest BCUT2D eigenvalue weighted by molar-refractivity contribution is 9.10. The molecule has 0 atom stereocenters. The average Bonchev–Trinajstić information content (AvgIpc) is 2.38. The predicted molar refractivity (Wildman–Crippen MR) is 86.3 cm³/mol. The Morgan fingerprint density at radius 3 is 2.75 bits per heavy atom. The Morgan fingerprint density at radius 1 is 1.25 bits per heavy atom. The fourth-order valence-corrected chi connectivity index (χ4v) is 2.71. The highest BCUT2D eigenvalue weighted by Gasteiger charge is 2.08. The lowest BCUT2D eigenvalue weighted by Crippen LogP contribution is -2.12. The molecule has 2 aromatic rings. The van der Waals surface area contributed by atoms with Crippen molar-refractivity contribution in [2.24, 2.45) is 0 Å². The van der Waals surface area contributed by atoms with Crippen LogP contribution in [-0.4, -0.2) is 13.0 Å². The van der Waals surface area contributed by atoms with Crippen molar-refractivity contribution in [1.29, 1.82) is 0 Å². The van der Waals surface area contributed by atoms with Crippen molar-refractivity contribution < 1.29 is 4.79 Å². The van der Waals surface area contributed by atoms with Crippen LogP contribution in [0.15, 0.2) is 46.9 Å². The molecule has 0 spiro atoms. The van der Waals surface area contributed by atoms with Crippen LogP contribution >= 0.6 is 27.5 Å². The molecule has 2 N–H and O–H groups in total. The topological polar surface area (TPSA) is 41.1 Å². The number of hydrogen-bond acceptors (Lipinski definition) is 2. The molecule has 0 saturated heterocycles. The zero-order valence-electron chi connectivity index (χ0n) is 10.9. The first-order valence-corrected chi connectivity index (χ1v) is 7.26. The third-order valence-corrected chi connectivity index (χ3v) is 3.37. The molecule has 5 heteroatoms. The maximum Gasteiger partial charge on any atom is 0.255 e. The quantitative estimate of drug-likeness (QED) is 0.870. The maximum atomic E-state index is 12.2. The van der Waals surface area contributed by atoms with Crippen molar-refractivity contribution in [2.45, 2.75) is 6.54 Å². The minimum atomic E-state index is -0.185. The average molecular weight is 354 g/mol. The van der Waals surface area contributed by atoms with Crippen molar-refractivity contribution in [3.8, 4) is 0 Å². The number of carbonyl (C=O) groups is 1. The van der Waals surface area contributed by atoms with Gasteiger partial charge in [0.15, 0.2) is 0 Å². The van der Waals surface area contributed by atoms with Crippen LogP contribution in [0.5, 0.6) is 0 Å². The Morgan fingerprint density at radius 2 is 2.05 bits per heavy atom. The molecule has 0 heterocycles. The van der Waals surface area contributed by atoms with Crippen molar-refractivity contribution in [3.63, 3.8) is 0 Å². The van der Waals surface area contributed by atoms with Gasteiger partial charge in [0.05, 0.1) is 0 Å². The van der Waals surface area contributed by atoms with Gasteiger partial charge in [0, 0.05) is 27.3 Å². The van der Waals surface area contributed by atoms with E-state index in [0.717, 1.165) is 22.3 Å². The van der Waals surface area contributed by atoms with E-state index < -0.39 is 0 Å². The van der Waals surface area contributed by atoms with Gasteiger partial charge in [-0.15, -0.1) is 0 Å². The summed E-state index contributed by atoms with van der Waals surface area (Å²) >= 11 is 9.27. The van der Waals surface area contributed by atoms with Crippen LogP contribution in [0.2, 0.25) is 5.02 Å². The summed E-state index contributed by atoms with van der Waals surface area (Å²) in [6.45, 7) is 0.756. The van der Waals surface area contributed by atoms with Gasteiger partial charge >= 0.3 is 0 Å². The number of amides is 1. The molecule has 104 valence electrons. The third-order valence-electron chi connectivity index (χ3n) is 2.69. The van der Waals surface area contributed by atoms with Crippen LogP contribution in [-0.2, 0) is 6.54 Å². The van der Waals surface area contributed by atoms with Gasteiger partial charge in [-0.05, 0) is 42.9 Å². The summed E-state index contributed by atoms with van der Waals surface area (Å²) in [5, 5.41) is 6.46. The SMILES string of the molecule is CNCc1cccc(NC(=O)c2cc(Cl)cc(Br)c2)c1. The van der Waals surface area contributed by atoms with E-state index in [4.69, 9.17) is 11.6 Å². The number of anilines is 1. The van der Waals surface area contributed by atoms with Gasteiger partial charge in [-0.1, -0.05) is 39.7 Å². The second-order valence-corrected chi connectivity index (χ2v) is 5.70. The summed E-state index contributed by atoms with van der Waals surface area (Å²) in [6, 6.07) is 12.8. The number of benzene rings is 2. The molecule has 0 fully saturated rings. The summed E-state index contributed by atoms with van der Waals surface area (Å²) in [5.74, 6) is -0.185. The van der Waals surface area contributed by atoms with Gasteiger partial charge in [0.25, 0.3) is 5.91 Å². The van der Waals surface area contributed by atoms with E-state index in [2.05, 4.69) is 26.6 Å². The molecule has 0 unspecified atom stereocenters. The second-order valence-electron chi connectivity index (χ2n) is 4.34. The van der Waals surface area contributed by atoms with Crippen molar-refractivity contribution in [2.75, 3.05) is 12.4 Å². The molecule has 0 aromatic heterocycles. The Labute approximate surface area is 131 Å². The first-order chi connectivity index (χ1) is 9.58. The molecule has 1 amide bonds.